The molecule has 0 amide bonds. The summed E-state index contributed by atoms with van der Waals surface area (Å²) < 4.78 is 26.4. The van der Waals surface area contributed by atoms with Gasteiger partial charge < -0.3 is 18.6 Å². The molecule has 0 atom stereocenters. The molecule has 0 aromatic heterocycles. The zero-order valence-electron chi connectivity index (χ0n) is 22.4. The van der Waals surface area contributed by atoms with Crippen LogP contribution in [0.2, 0.25) is 0 Å². The van der Waals surface area contributed by atoms with Gasteiger partial charge in [0, 0.05) is 0 Å². The van der Waals surface area contributed by atoms with Crippen LogP contribution in [-0.2, 0) is 18.6 Å². The quantitative estimate of drug-likeness (QED) is 0.495. The monoisotopic (exact) mass is 481 g/mol. The Balaban J connectivity index is 1.81. The van der Waals surface area contributed by atoms with Crippen molar-refractivity contribution in [3.8, 4) is 17.2 Å². The molecule has 0 saturated carbocycles. The smallest absolute Gasteiger partial charge is 0.399 e. The molecule has 2 aliphatic heterocycles. The highest BCUT2D eigenvalue weighted by Crippen LogP contribution is 2.40. The number of nitriles is 1. The lowest BCUT2D eigenvalue weighted by molar-refractivity contribution is 0.00578. The normalized spacial score (nSPS) is 21.6. The minimum atomic E-state index is -0.626. The molecule has 0 N–H and O–H groups in total. The SMILES string of the molecule is CC1(C)OB(c2cc3ccccc3c(-c3ccc(C#N)cc3)c2B2OC(C)(C)C(C)(C)O2)OC1(C)C. The Morgan fingerprint density at radius 1 is 0.667 bits per heavy atom. The molecule has 5 rings (SSSR count). The highest BCUT2D eigenvalue weighted by atomic mass is 16.7. The van der Waals surface area contributed by atoms with Crippen molar-refractivity contribution < 1.29 is 18.6 Å². The van der Waals surface area contributed by atoms with Gasteiger partial charge >= 0.3 is 14.2 Å². The molecule has 0 aliphatic carbocycles. The van der Waals surface area contributed by atoms with Crippen LogP contribution in [0, 0.1) is 11.3 Å². The predicted octanol–water partition coefficient (Wildman–Crippen LogP) is 4.98. The van der Waals surface area contributed by atoms with E-state index in [1.54, 1.807) is 0 Å². The lowest BCUT2D eigenvalue weighted by atomic mass is 9.61. The molecule has 2 saturated heterocycles. The summed E-state index contributed by atoms with van der Waals surface area (Å²) in [6.45, 7) is 16.5. The van der Waals surface area contributed by atoms with E-state index in [-0.39, 0.29) is 0 Å². The maximum atomic E-state index is 9.38. The molecule has 36 heavy (non-hydrogen) atoms. The standard InChI is InChI=1S/C29H33B2NO4/c1-26(2)27(3,4)34-30(33-26)23-17-21-11-9-10-12-22(21)24(20-15-13-19(18-32)14-16-20)25(23)31-35-28(5,6)29(7,8)36-31/h9-17H,1-8H3. The van der Waals surface area contributed by atoms with E-state index < -0.39 is 36.6 Å². The first-order valence-corrected chi connectivity index (χ1v) is 12.5. The first kappa shape index (κ1) is 25.0. The van der Waals surface area contributed by atoms with Gasteiger partial charge in [-0.1, -0.05) is 42.5 Å². The average molecular weight is 481 g/mol. The molecule has 184 valence electrons. The molecule has 0 unspecified atom stereocenters. The van der Waals surface area contributed by atoms with Crippen LogP contribution in [0.5, 0.6) is 0 Å². The Morgan fingerprint density at radius 2 is 1.17 bits per heavy atom. The molecule has 2 aliphatic rings. The van der Waals surface area contributed by atoms with Crippen LogP contribution < -0.4 is 10.9 Å². The molecule has 2 heterocycles. The zero-order chi connectivity index (χ0) is 26.1. The Kier molecular flexibility index (Phi) is 5.70. The fourth-order valence-electron chi connectivity index (χ4n) is 4.79. The Morgan fingerprint density at radius 3 is 1.69 bits per heavy atom. The Bertz CT molecular complexity index is 1340. The van der Waals surface area contributed by atoms with E-state index in [0.717, 1.165) is 32.8 Å². The summed E-state index contributed by atoms with van der Waals surface area (Å²) in [4.78, 5) is 0. The van der Waals surface area contributed by atoms with Crippen molar-refractivity contribution >= 4 is 35.9 Å². The third-order valence-electron chi connectivity index (χ3n) is 8.42. The highest BCUT2D eigenvalue weighted by molar-refractivity contribution is 6.76. The lowest BCUT2D eigenvalue weighted by Gasteiger charge is -2.32. The molecule has 2 fully saturated rings. The first-order valence-electron chi connectivity index (χ1n) is 12.5. The van der Waals surface area contributed by atoms with Gasteiger partial charge in [0.15, 0.2) is 0 Å². The van der Waals surface area contributed by atoms with Gasteiger partial charge in [0.1, 0.15) is 0 Å². The van der Waals surface area contributed by atoms with Gasteiger partial charge in [-0.05, 0) is 100 Å². The van der Waals surface area contributed by atoms with Crippen LogP contribution in [0.3, 0.4) is 0 Å². The minimum Gasteiger partial charge on any atom is -0.399 e. The third kappa shape index (κ3) is 3.88. The number of hydrogen-bond donors (Lipinski definition) is 0. The van der Waals surface area contributed by atoms with Crippen LogP contribution in [0.25, 0.3) is 21.9 Å². The van der Waals surface area contributed by atoms with E-state index in [1.165, 1.54) is 0 Å². The molecule has 0 bridgehead atoms. The summed E-state index contributed by atoms with van der Waals surface area (Å²) >= 11 is 0. The first-order chi connectivity index (χ1) is 16.8. The van der Waals surface area contributed by atoms with Gasteiger partial charge in [-0.15, -0.1) is 0 Å². The zero-order valence-corrected chi connectivity index (χ0v) is 22.4. The molecule has 7 heteroatoms. The molecule has 0 radical (unpaired) electrons. The number of hydrogen-bond acceptors (Lipinski definition) is 5. The van der Waals surface area contributed by atoms with Crippen molar-refractivity contribution in [1.82, 2.24) is 0 Å². The highest BCUT2D eigenvalue weighted by Gasteiger charge is 2.56. The number of benzene rings is 3. The molecular formula is C29H33B2NO4. The summed E-state index contributed by atoms with van der Waals surface area (Å²) in [7, 11) is -1.22. The molecule has 5 nitrogen and oxygen atoms in total. The van der Waals surface area contributed by atoms with E-state index in [4.69, 9.17) is 18.6 Å². The summed E-state index contributed by atoms with van der Waals surface area (Å²) in [5, 5.41) is 11.5. The van der Waals surface area contributed by atoms with Crippen LogP contribution in [0.1, 0.15) is 61.0 Å². The van der Waals surface area contributed by atoms with Crippen LogP contribution >= 0.6 is 0 Å². The topological polar surface area (TPSA) is 60.7 Å². The number of rotatable bonds is 3. The largest absolute Gasteiger partial charge is 0.495 e. The van der Waals surface area contributed by atoms with Crippen molar-refractivity contribution in [2.45, 2.75) is 77.8 Å². The van der Waals surface area contributed by atoms with Crippen molar-refractivity contribution in [3.63, 3.8) is 0 Å². The fourth-order valence-corrected chi connectivity index (χ4v) is 4.79. The Labute approximate surface area is 215 Å². The average Bonchev–Trinajstić information content (AvgIpc) is 3.17. The van der Waals surface area contributed by atoms with Gasteiger partial charge in [-0.25, -0.2) is 0 Å². The van der Waals surface area contributed by atoms with Crippen molar-refractivity contribution in [2.24, 2.45) is 0 Å². The summed E-state index contributed by atoms with van der Waals surface area (Å²) in [6, 6.07) is 20.3. The second kappa shape index (κ2) is 8.19. The van der Waals surface area contributed by atoms with Crippen molar-refractivity contribution in [2.75, 3.05) is 0 Å². The van der Waals surface area contributed by atoms with E-state index in [2.05, 4.69) is 79.7 Å². The lowest BCUT2D eigenvalue weighted by Crippen LogP contribution is -2.52. The maximum Gasteiger partial charge on any atom is 0.495 e. The van der Waals surface area contributed by atoms with Gasteiger partial charge in [-0.3, -0.25) is 0 Å². The summed E-state index contributed by atoms with van der Waals surface area (Å²) in [5.74, 6) is 0. The van der Waals surface area contributed by atoms with Gasteiger partial charge in [0.2, 0.25) is 0 Å². The van der Waals surface area contributed by atoms with E-state index >= 15 is 0 Å². The second-order valence-electron chi connectivity index (χ2n) is 11.8. The fraction of sp³-hybridized carbons (Fsp3) is 0.414. The Hall–Kier alpha value is -2.62. The molecule has 0 spiro atoms. The van der Waals surface area contributed by atoms with Gasteiger partial charge in [0.05, 0.1) is 34.0 Å². The van der Waals surface area contributed by atoms with Gasteiger partial charge in [0.25, 0.3) is 0 Å². The molecular weight excluding hydrogens is 448 g/mol. The van der Waals surface area contributed by atoms with Crippen LogP contribution in [0.15, 0.2) is 54.6 Å². The van der Waals surface area contributed by atoms with Crippen LogP contribution in [-0.4, -0.2) is 36.6 Å². The number of fused-ring (bicyclic) bond motifs is 1. The van der Waals surface area contributed by atoms with E-state index in [9.17, 15) is 5.26 Å². The van der Waals surface area contributed by atoms with E-state index in [0.29, 0.717) is 5.56 Å². The third-order valence-corrected chi connectivity index (χ3v) is 8.42. The maximum absolute atomic E-state index is 9.38. The molecule has 3 aromatic rings. The summed E-state index contributed by atoms with van der Waals surface area (Å²) in [5.41, 5.74) is 2.37. The summed E-state index contributed by atoms with van der Waals surface area (Å²) in [6.07, 6.45) is 0. The molecule has 3 aromatic carbocycles. The number of nitrogens with zero attached hydrogens (tertiary/aromatic N) is 1. The van der Waals surface area contributed by atoms with Crippen LogP contribution in [0.4, 0.5) is 0 Å². The minimum absolute atomic E-state index is 0.495. The van der Waals surface area contributed by atoms with Crippen molar-refractivity contribution in [3.05, 3.63) is 60.2 Å². The second-order valence-corrected chi connectivity index (χ2v) is 11.8. The van der Waals surface area contributed by atoms with Gasteiger partial charge in [-0.2, -0.15) is 5.26 Å². The predicted molar refractivity (Wildman–Crippen MR) is 146 cm³/mol. The van der Waals surface area contributed by atoms with E-state index in [1.807, 2.05) is 36.4 Å². The van der Waals surface area contributed by atoms with Crippen molar-refractivity contribution in [1.29, 1.82) is 5.26 Å².